The molecule has 0 atom stereocenters. The second kappa shape index (κ2) is 6.91. The molecule has 10 heteroatoms. The van der Waals surface area contributed by atoms with Crippen molar-refractivity contribution < 1.29 is 13.6 Å². The summed E-state index contributed by atoms with van der Waals surface area (Å²) < 4.78 is 27.4. The van der Waals surface area contributed by atoms with Gasteiger partial charge < -0.3 is 5.73 Å². The Hall–Kier alpha value is -1.91. The van der Waals surface area contributed by atoms with Crippen LogP contribution in [0.25, 0.3) is 11.0 Å². The number of nitrogens with two attached hydrogens (primary N) is 1. The summed E-state index contributed by atoms with van der Waals surface area (Å²) in [6.07, 6.45) is -1.15. The number of carbonyl (C=O) groups excluding carboxylic acids is 1. The Kier molecular flexibility index (Phi) is 4.88. The average molecular weight is 369 g/mol. The molecule has 6 nitrogen and oxygen atoms in total. The normalized spacial score (nSPS) is 11.5. The molecule has 0 spiro atoms. The molecule has 2 N–H and O–H groups in total. The number of hydrogen-bond donors (Lipinski definition) is 1. The smallest absolute Gasteiger partial charge is 0.297 e. The Bertz CT molecular complexity index is 893. The second-order valence-electron chi connectivity index (χ2n) is 4.91. The molecule has 0 saturated carbocycles. The van der Waals surface area contributed by atoms with Crippen molar-refractivity contribution in [1.82, 2.24) is 19.7 Å². The fraction of sp³-hybridized carbons (Fsp3) is 0.286. The molecular weight excluding hydrogens is 356 g/mol. The first-order valence-electron chi connectivity index (χ1n) is 6.92. The molecule has 0 aliphatic rings. The average Bonchev–Trinajstić information content (AvgIpc) is 3.17. The highest BCUT2D eigenvalue weighted by atomic mass is 32.2. The lowest BCUT2D eigenvalue weighted by Gasteiger charge is -2.04. The van der Waals surface area contributed by atoms with E-state index in [9.17, 15) is 13.6 Å². The minimum Gasteiger partial charge on any atom is -0.326 e. The highest BCUT2D eigenvalue weighted by Gasteiger charge is 2.19. The number of thioether (sulfide) groups is 1. The van der Waals surface area contributed by atoms with Crippen LogP contribution in [-0.2, 0) is 13.6 Å². The number of thiophene rings is 1. The fourth-order valence-electron chi connectivity index (χ4n) is 2.06. The summed E-state index contributed by atoms with van der Waals surface area (Å²) in [7, 11) is 1.67. The van der Waals surface area contributed by atoms with E-state index < -0.39 is 12.2 Å². The summed E-state index contributed by atoms with van der Waals surface area (Å²) in [4.78, 5) is 21.4. The van der Waals surface area contributed by atoms with Crippen molar-refractivity contribution in [2.24, 2.45) is 12.8 Å². The van der Waals surface area contributed by atoms with E-state index in [0.29, 0.717) is 21.8 Å². The molecule has 3 heterocycles. The highest BCUT2D eigenvalue weighted by Crippen LogP contribution is 2.28. The van der Waals surface area contributed by atoms with Gasteiger partial charge in [-0.2, -0.15) is 5.10 Å². The van der Waals surface area contributed by atoms with Crippen molar-refractivity contribution in [2.75, 3.05) is 5.75 Å². The summed E-state index contributed by atoms with van der Waals surface area (Å²) in [6.45, 7) is 0.380. The van der Waals surface area contributed by atoms with E-state index in [1.807, 2.05) is 6.07 Å². The number of nitrogens with zero attached hydrogens (tertiary/aromatic N) is 4. The first-order chi connectivity index (χ1) is 11.5. The van der Waals surface area contributed by atoms with Crippen LogP contribution in [0.4, 0.5) is 8.78 Å². The summed E-state index contributed by atoms with van der Waals surface area (Å²) in [5.74, 6) is -0.592. The van der Waals surface area contributed by atoms with Crippen molar-refractivity contribution in [1.29, 1.82) is 0 Å². The summed E-state index contributed by atoms with van der Waals surface area (Å²) in [6, 6.07) is 3.53. The SMILES string of the molecule is Cn1cc2c(SCC(=O)c3ccc(CN)s3)nc(C(F)F)nc2n1. The minimum absolute atomic E-state index is 0.0915. The maximum Gasteiger partial charge on any atom is 0.297 e. The zero-order valence-electron chi connectivity index (χ0n) is 12.6. The molecule has 24 heavy (non-hydrogen) atoms. The maximum absolute atomic E-state index is 12.9. The first kappa shape index (κ1) is 16.9. The molecule has 0 bridgehead atoms. The highest BCUT2D eigenvalue weighted by molar-refractivity contribution is 8.00. The Labute approximate surface area is 144 Å². The van der Waals surface area contributed by atoms with Gasteiger partial charge in [-0.25, -0.2) is 18.7 Å². The number of fused-ring (bicyclic) bond motifs is 1. The molecule has 126 valence electrons. The standard InChI is InChI=1S/C14H13F2N5OS2/c1-21-5-8-12(20-21)18-13(11(15)16)19-14(8)23-6-9(22)10-3-2-7(4-17)24-10/h2-3,5,11H,4,6,17H2,1H3. The van der Waals surface area contributed by atoms with Crippen molar-refractivity contribution in [3.63, 3.8) is 0 Å². The van der Waals surface area contributed by atoms with Crippen LogP contribution >= 0.6 is 23.1 Å². The number of Topliss-reactive ketones (excluding diaryl/α,β-unsaturated/α-hetero) is 1. The Morgan fingerprint density at radius 2 is 2.21 bits per heavy atom. The van der Waals surface area contributed by atoms with Gasteiger partial charge in [0.05, 0.1) is 16.0 Å². The molecule has 0 amide bonds. The predicted octanol–water partition coefficient (Wildman–Crippen LogP) is 2.80. The monoisotopic (exact) mass is 369 g/mol. The van der Waals surface area contributed by atoms with Crippen molar-refractivity contribution in [3.05, 3.63) is 33.9 Å². The minimum atomic E-state index is -2.80. The lowest BCUT2D eigenvalue weighted by Crippen LogP contribution is -2.02. The van der Waals surface area contributed by atoms with Gasteiger partial charge in [0, 0.05) is 24.7 Å². The molecule has 0 unspecified atom stereocenters. The van der Waals surface area contributed by atoms with Gasteiger partial charge in [-0.15, -0.1) is 11.3 Å². The number of hydrogen-bond acceptors (Lipinski definition) is 7. The van der Waals surface area contributed by atoms with Gasteiger partial charge in [-0.1, -0.05) is 11.8 Å². The molecule has 3 aromatic rings. The summed E-state index contributed by atoms with van der Waals surface area (Å²) in [5, 5.41) is 4.91. The lowest BCUT2D eigenvalue weighted by atomic mass is 10.3. The van der Waals surface area contributed by atoms with Gasteiger partial charge in [0.1, 0.15) is 5.03 Å². The number of aryl methyl sites for hydroxylation is 1. The molecule has 0 radical (unpaired) electrons. The lowest BCUT2D eigenvalue weighted by molar-refractivity contribution is 0.102. The van der Waals surface area contributed by atoms with Crippen LogP contribution in [0.5, 0.6) is 0 Å². The molecule has 0 aromatic carbocycles. The third kappa shape index (κ3) is 3.45. The molecular formula is C14H13F2N5OS2. The van der Waals surface area contributed by atoms with E-state index in [0.717, 1.165) is 16.6 Å². The molecule has 0 fully saturated rings. The maximum atomic E-state index is 12.9. The van der Waals surface area contributed by atoms with Crippen LogP contribution in [0.15, 0.2) is 23.4 Å². The number of halogens is 2. The number of ketones is 1. The topological polar surface area (TPSA) is 86.7 Å². The van der Waals surface area contributed by atoms with Crippen molar-refractivity contribution in [3.8, 4) is 0 Å². The Morgan fingerprint density at radius 3 is 2.88 bits per heavy atom. The van der Waals surface area contributed by atoms with E-state index in [2.05, 4.69) is 15.1 Å². The van der Waals surface area contributed by atoms with Crippen molar-refractivity contribution in [2.45, 2.75) is 18.0 Å². The molecule has 3 aromatic heterocycles. The zero-order valence-corrected chi connectivity index (χ0v) is 14.2. The van der Waals surface area contributed by atoms with Crippen LogP contribution in [0.1, 0.15) is 26.8 Å². The quantitative estimate of drug-likeness (QED) is 0.408. The predicted molar refractivity (Wildman–Crippen MR) is 88.5 cm³/mol. The Morgan fingerprint density at radius 1 is 1.42 bits per heavy atom. The number of rotatable bonds is 6. The molecule has 0 aliphatic heterocycles. The fourth-order valence-corrected chi connectivity index (χ4v) is 3.85. The third-order valence-corrected chi connectivity index (χ3v) is 5.29. The van der Waals surface area contributed by atoms with Gasteiger partial charge in [-0.05, 0) is 12.1 Å². The van der Waals surface area contributed by atoms with Gasteiger partial charge in [0.2, 0.25) is 0 Å². The zero-order chi connectivity index (χ0) is 17.3. The van der Waals surface area contributed by atoms with Gasteiger partial charge in [0.15, 0.2) is 17.3 Å². The molecule has 0 aliphatic carbocycles. The van der Waals surface area contributed by atoms with Gasteiger partial charge in [-0.3, -0.25) is 9.48 Å². The Balaban J connectivity index is 1.84. The van der Waals surface area contributed by atoms with Crippen LogP contribution in [0.3, 0.4) is 0 Å². The van der Waals surface area contributed by atoms with Gasteiger partial charge >= 0.3 is 0 Å². The summed E-state index contributed by atoms with van der Waals surface area (Å²) in [5.41, 5.74) is 5.73. The van der Waals surface area contributed by atoms with Crippen molar-refractivity contribution >= 4 is 39.9 Å². The summed E-state index contributed by atoms with van der Waals surface area (Å²) >= 11 is 2.44. The largest absolute Gasteiger partial charge is 0.326 e. The number of aromatic nitrogens is 4. The second-order valence-corrected chi connectivity index (χ2v) is 7.04. The third-order valence-electron chi connectivity index (χ3n) is 3.15. The van der Waals surface area contributed by atoms with E-state index in [1.165, 1.54) is 16.0 Å². The number of alkyl halides is 2. The van der Waals surface area contributed by atoms with Gasteiger partial charge in [0.25, 0.3) is 6.43 Å². The van der Waals surface area contributed by atoms with E-state index in [1.54, 1.807) is 19.3 Å². The number of carbonyl (C=O) groups is 1. The van der Waals surface area contributed by atoms with E-state index >= 15 is 0 Å². The molecule has 3 rings (SSSR count). The first-order valence-corrected chi connectivity index (χ1v) is 8.72. The molecule has 0 saturated heterocycles. The van der Waals surface area contributed by atoms with E-state index in [4.69, 9.17) is 5.73 Å². The van der Waals surface area contributed by atoms with Crippen LogP contribution < -0.4 is 5.73 Å². The van der Waals surface area contributed by atoms with Crippen LogP contribution in [-0.4, -0.2) is 31.3 Å². The van der Waals surface area contributed by atoms with Crippen LogP contribution in [0, 0.1) is 0 Å². The van der Waals surface area contributed by atoms with E-state index in [-0.39, 0.29) is 17.2 Å². The van der Waals surface area contributed by atoms with Crippen LogP contribution in [0.2, 0.25) is 0 Å².